The molecule has 0 radical (unpaired) electrons. The highest BCUT2D eigenvalue weighted by molar-refractivity contribution is 7.80. The Hall–Kier alpha value is -2.54. The van der Waals surface area contributed by atoms with E-state index >= 15 is 0 Å². The second-order valence-corrected chi connectivity index (χ2v) is 4.78. The van der Waals surface area contributed by atoms with E-state index in [1.807, 2.05) is 6.92 Å². The van der Waals surface area contributed by atoms with Crippen LogP contribution in [0.4, 0.5) is 21.5 Å². The lowest BCUT2D eigenvalue weighted by atomic mass is 10.2. The number of thiocarbonyl (C=S) groups is 1. The highest BCUT2D eigenvalue weighted by atomic mass is 32.1. The monoisotopic (exact) mass is 305 g/mol. The SMILES string of the molecule is Cc1ccc(F)c(NC(=S)Nc2cccc([N+](=O)[O-])c2)c1. The van der Waals surface area contributed by atoms with Crippen molar-refractivity contribution in [1.29, 1.82) is 0 Å². The Morgan fingerprint density at radius 2 is 2.00 bits per heavy atom. The van der Waals surface area contributed by atoms with Crippen molar-refractivity contribution in [2.24, 2.45) is 0 Å². The molecule has 0 atom stereocenters. The van der Waals surface area contributed by atoms with Gasteiger partial charge in [0.1, 0.15) is 5.82 Å². The van der Waals surface area contributed by atoms with Gasteiger partial charge in [0.15, 0.2) is 5.11 Å². The molecule has 0 unspecified atom stereocenters. The van der Waals surface area contributed by atoms with Gasteiger partial charge in [0.25, 0.3) is 5.69 Å². The Morgan fingerprint density at radius 1 is 1.24 bits per heavy atom. The minimum Gasteiger partial charge on any atom is -0.332 e. The van der Waals surface area contributed by atoms with Crippen LogP contribution in [0.2, 0.25) is 0 Å². The normalized spacial score (nSPS) is 10.0. The van der Waals surface area contributed by atoms with E-state index in [0.717, 1.165) is 5.56 Å². The molecule has 2 aromatic rings. The molecule has 0 saturated carbocycles. The summed E-state index contributed by atoms with van der Waals surface area (Å²) in [5.74, 6) is -0.427. The van der Waals surface area contributed by atoms with E-state index in [1.165, 1.54) is 24.3 Å². The summed E-state index contributed by atoms with van der Waals surface area (Å²) >= 11 is 5.07. The number of aryl methyl sites for hydroxylation is 1. The number of halogens is 1. The average Bonchev–Trinajstić information content (AvgIpc) is 2.43. The Bertz CT molecular complexity index is 706. The second-order valence-electron chi connectivity index (χ2n) is 4.37. The highest BCUT2D eigenvalue weighted by Gasteiger charge is 2.08. The molecule has 0 spiro atoms. The molecule has 21 heavy (non-hydrogen) atoms. The predicted molar refractivity (Wildman–Crippen MR) is 84.1 cm³/mol. The van der Waals surface area contributed by atoms with Crippen molar-refractivity contribution >= 4 is 34.4 Å². The van der Waals surface area contributed by atoms with Crippen LogP contribution in [-0.2, 0) is 0 Å². The standard InChI is InChI=1S/C14H12FN3O2S/c1-9-5-6-12(15)13(7-9)17-14(21)16-10-3-2-4-11(8-10)18(19)20/h2-8H,1H3,(H2,16,17,21). The summed E-state index contributed by atoms with van der Waals surface area (Å²) in [7, 11) is 0. The Kier molecular flexibility index (Phi) is 4.44. The summed E-state index contributed by atoms with van der Waals surface area (Å²) in [4.78, 5) is 10.2. The fourth-order valence-corrected chi connectivity index (χ4v) is 1.94. The van der Waals surface area contributed by atoms with Crippen LogP contribution in [-0.4, -0.2) is 10.0 Å². The minimum absolute atomic E-state index is 0.0514. The van der Waals surface area contributed by atoms with Gasteiger partial charge in [-0.15, -0.1) is 0 Å². The molecule has 7 heteroatoms. The van der Waals surface area contributed by atoms with Crippen LogP contribution in [0.15, 0.2) is 42.5 Å². The van der Waals surface area contributed by atoms with Crippen molar-refractivity contribution < 1.29 is 9.31 Å². The zero-order valence-corrected chi connectivity index (χ0v) is 11.9. The maximum absolute atomic E-state index is 13.6. The quantitative estimate of drug-likeness (QED) is 0.512. The minimum atomic E-state index is -0.498. The van der Waals surface area contributed by atoms with Gasteiger partial charge in [-0.25, -0.2) is 4.39 Å². The number of hydrogen-bond acceptors (Lipinski definition) is 3. The van der Waals surface area contributed by atoms with E-state index in [4.69, 9.17) is 12.2 Å². The Morgan fingerprint density at radius 3 is 2.71 bits per heavy atom. The van der Waals surface area contributed by atoms with E-state index in [1.54, 1.807) is 18.2 Å². The fourth-order valence-electron chi connectivity index (χ4n) is 1.72. The zero-order valence-electron chi connectivity index (χ0n) is 11.1. The average molecular weight is 305 g/mol. The van der Waals surface area contributed by atoms with Gasteiger partial charge < -0.3 is 10.6 Å². The molecule has 2 N–H and O–H groups in total. The van der Waals surface area contributed by atoms with Gasteiger partial charge in [-0.2, -0.15) is 0 Å². The van der Waals surface area contributed by atoms with Crippen molar-refractivity contribution in [3.05, 3.63) is 64.0 Å². The van der Waals surface area contributed by atoms with Gasteiger partial charge in [-0.1, -0.05) is 12.1 Å². The molecular formula is C14H12FN3O2S. The smallest absolute Gasteiger partial charge is 0.271 e. The maximum Gasteiger partial charge on any atom is 0.271 e. The lowest BCUT2D eigenvalue weighted by Gasteiger charge is -2.11. The summed E-state index contributed by atoms with van der Waals surface area (Å²) in [5, 5.41) is 16.3. The molecule has 5 nitrogen and oxygen atoms in total. The number of nitrogens with zero attached hydrogens (tertiary/aromatic N) is 1. The summed E-state index contributed by atoms with van der Waals surface area (Å²) in [6.45, 7) is 1.83. The van der Waals surface area contributed by atoms with E-state index in [-0.39, 0.29) is 16.5 Å². The highest BCUT2D eigenvalue weighted by Crippen LogP contribution is 2.19. The predicted octanol–water partition coefficient (Wildman–Crippen LogP) is 3.85. The van der Waals surface area contributed by atoms with Crippen LogP contribution in [0.3, 0.4) is 0 Å². The third kappa shape index (κ3) is 3.96. The molecule has 2 aromatic carbocycles. The van der Waals surface area contributed by atoms with E-state index in [9.17, 15) is 14.5 Å². The number of anilines is 2. The van der Waals surface area contributed by atoms with Crippen LogP contribution in [0.25, 0.3) is 0 Å². The number of nitrogens with one attached hydrogen (secondary N) is 2. The van der Waals surface area contributed by atoms with Crippen LogP contribution < -0.4 is 10.6 Å². The molecule has 0 aliphatic heterocycles. The van der Waals surface area contributed by atoms with E-state index in [0.29, 0.717) is 5.69 Å². The van der Waals surface area contributed by atoms with Crippen molar-refractivity contribution in [1.82, 2.24) is 0 Å². The molecule has 2 rings (SSSR count). The molecule has 108 valence electrons. The van der Waals surface area contributed by atoms with E-state index in [2.05, 4.69) is 10.6 Å². The van der Waals surface area contributed by atoms with Crippen molar-refractivity contribution in [2.45, 2.75) is 6.92 Å². The second kappa shape index (κ2) is 6.27. The van der Waals surface area contributed by atoms with Crippen LogP contribution >= 0.6 is 12.2 Å². The molecule has 0 aliphatic rings. The third-order valence-electron chi connectivity index (χ3n) is 2.68. The number of nitro groups is 1. The van der Waals surface area contributed by atoms with Gasteiger partial charge >= 0.3 is 0 Å². The van der Waals surface area contributed by atoms with Gasteiger partial charge in [0, 0.05) is 17.8 Å². The molecule has 0 saturated heterocycles. The number of hydrogen-bond donors (Lipinski definition) is 2. The number of rotatable bonds is 3. The van der Waals surface area contributed by atoms with Gasteiger partial charge in [0.2, 0.25) is 0 Å². The first-order chi connectivity index (χ1) is 9.95. The van der Waals surface area contributed by atoms with Crippen LogP contribution in [0, 0.1) is 22.9 Å². The molecular weight excluding hydrogens is 293 g/mol. The Balaban J connectivity index is 2.10. The maximum atomic E-state index is 13.6. The van der Waals surface area contributed by atoms with Crippen molar-refractivity contribution in [2.75, 3.05) is 10.6 Å². The lowest BCUT2D eigenvalue weighted by molar-refractivity contribution is -0.384. The van der Waals surface area contributed by atoms with Gasteiger partial charge in [0.05, 0.1) is 10.6 Å². The molecule has 0 aliphatic carbocycles. The number of benzene rings is 2. The Labute approximate surface area is 125 Å². The first-order valence-corrected chi connectivity index (χ1v) is 6.45. The summed E-state index contributed by atoms with van der Waals surface area (Å²) in [6.07, 6.45) is 0. The van der Waals surface area contributed by atoms with Crippen molar-refractivity contribution in [3.8, 4) is 0 Å². The molecule has 0 heterocycles. The third-order valence-corrected chi connectivity index (χ3v) is 2.89. The summed E-state index contributed by atoms with van der Waals surface area (Å²) in [6, 6.07) is 10.5. The molecule has 0 fully saturated rings. The zero-order chi connectivity index (χ0) is 15.4. The van der Waals surface area contributed by atoms with Crippen LogP contribution in [0.1, 0.15) is 5.56 Å². The van der Waals surface area contributed by atoms with E-state index < -0.39 is 10.7 Å². The summed E-state index contributed by atoms with van der Waals surface area (Å²) in [5.41, 5.74) is 1.54. The van der Waals surface area contributed by atoms with Gasteiger partial charge in [-0.3, -0.25) is 10.1 Å². The molecule has 0 amide bonds. The largest absolute Gasteiger partial charge is 0.332 e. The first kappa shape index (κ1) is 14.9. The van der Waals surface area contributed by atoms with Crippen LogP contribution in [0.5, 0.6) is 0 Å². The lowest BCUT2D eigenvalue weighted by Crippen LogP contribution is -2.19. The first-order valence-electron chi connectivity index (χ1n) is 6.04. The topological polar surface area (TPSA) is 67.2 Å². The fraction of sp³-hybridized carbons (Fsp3) is 0.0714. The van der Waals surface area contributed by atoms with Crippen molar-refractivity contribution in [3.63, 3.8) is 0 Å². The number of nitro benzene ring substituents is 1. The number of non-ortho nitro benzene ring substituents is 1. The van der Waals surface area contributed by atoms with Gasteiger partial charge in [-0.05, 0) is 42.9 Å². The molecule has 0 aromatic heterocycles. The molecule has 0 bridgehead atoms. The summed E-state index contributed by atoms with van der Waals surface area (Å²) < 4.78 is 13.6.